The van der Waals surface area contributed by atoms with Crippen molar-refractivity contribution in [2.45, 2.75) is 6.04 Å². The van der Waals surface area contributed by atoms with Crippen molar-refractivity contribution in [1.29, 1.82) is 0 Å². The average Bonchev–Trinajstić information content (AvgIpc) is 2.73. The molecule has 1 aliphatic rings. The fourth-order valence-electron chi connectivity index (χ4n) is 1.79. The molecule has 0 saturated carbocycles. The Morgan fingerprint density at radius 1 is 1.45 bits per heavy atom. The third-order valence-corrected chi connectivity index (χ3v) is 4.90. The van der Waals surface area contributed by atoms with Crippen LogP contribution in [0.2, 0.25) is 0 Å². The minimum atomic E-state index is -3.21. The molecule has 0 saturated heterocycles. The van der Waals surface area contributed by atoms with Crippen molar-refractivity contribution in [3.63, 3.8) is 0 Å². The Hall–Kier alpha value is -1.74. The first-order chi connectivity index (χ1) is 9.23. The highest BCUT2D eigenvalue weighted by molar-refractivity contribution is 7.94. The summed E-state index contributed by atoms with van der Waals surface area (Å²) in [7, 11) is -0.195. The Bertz CT molecular complexity index is 830. The number of hydrogen-bond donors (Lipinski definition) is 1. The number of hydrogen-bond acceptors (Lipinski definition) is 6. The fourth-order valence-corrected chi connectivity index (χ4v) is 3.17. The van der Waals surface area contributed by atoms with Crippen LogP contribution in [0.15, 0.2) is 21.3 Å². The lowest BCUT2D eigenvalue weighted by atomic mass is 10.3. The topological polar surface area (TPSA) is 93.7 Å². The Morgan fingerprint density at radius 3 is 2.65 bits per heavy atom. The fraction of sp³-hybridized carbons (Fsp3) is 0.364. The summed E-state index contributed by atoms with van der Waals surface area (Å²) in [5, 5.41) is 11.0. The maximum absolute atomic E-state index is 12.0. The summed E-state index contributed by atoms with van der Waals surface area (Å²) in [6.07, 6.45) is 2.62. The molecule has 9 heteroatoms. The molecule has 0 spiro atoms. The lowest BCUT2D eigenvalue weighted by molar-refractivity contribution is 0.414. The Labute approximate surface area is 120 Å². The Morgan fingerprint density at radius 2 is 2.10 bits per heavy atom. The van der Waals surface area contributed by atoms with Gasteiger partial charge in [0.2, 0.25) is 5.88 Å². The van der Waals surface area contributed by atoms with E-state index in [4.69, 9.17) is 12.2 Å². The van der Waals surface area contributed by atoms with Crippen molar-refractivity contribution < 1.29 is 13.5 Å². The zero-order valence-corrected chi connectivity index (χ0v) is 12.5. The molecule has 0 radical (unpaired) electrons. The smallest absolute Gasteiger partial charge is 0.266 e. The van der Waals surface area contributed by atoms with Crippen molar-refractivity contribution in [3.8, 4) is 5.88 Å². The van der Waals surface area contributed by atoms with Gasteiger partial charge in [0.15, 0.2) is 14.6 Å². The minimum Gasteiger partial charge on any atom is -0.494 e. The molecule has 1 N–H and O–H groups in total. The quantitative estimate of drug-likeness (QED) is 0.607. The van der Waals surface area contributed by atoms with Crippen molar-refractivity contribution in [1.82, 2.24) is 9.13 Å². The molecular formula is C11H13N3O4S2. The van der Waals surface area contributed by atoms with E-state index in [2.05, 4.69) is 4.99 Å². The highest BCUT2D eigenvalue weighted by atomic mass is 32.2. The third kappa shape index (κ3) is 2.59. The number of aromatic hydroxyl groups is 1. The van der Waals surface area contributed by atoms with Gasteiger partial charge in [0, 0.05) is 25.7 Å². The molecule has 0 aliphatic carbocycles. The SMILES string of the molecule is Cn1c(O)c(C=NC2C=CS(=O)(=O)C2)c(=O)n(C)c1=S. The van der Waals surface area contributed by atoms with Gasteiger partial charge in [-0.3, -0.25) is 18.9 Å². The van der Waals surface area contributed by atoms with Crippen molar-refractivity contribution in [2.75, 3.05) is 5.75 Å². The molecule has 0 aromatic carbocycles. The largest absolute Gasteiger partial charge is 0.494 e. The van der Waals surface area contributed by atoms with Gasteiger partial charge in [-0.2, -0.15) is 0 Å². The summed E-state index contributed by atoms with van der Waals surface area (Å²) < 4.78 is 25.1. The third-order valence-electron chi connectivity index (χ3n) is 2.97. The molecule has 1 unspecified atom stereocenters. The molecule has 1 aromatic heterocycles. The summed E-state index contributed by atoms with van der Waals surface area (Å²) >= 11 is 4.98. The predicted molar refractivity (Wildman–Crippen MR) is 77.5 cm³/mol. The molecular weight excluding hydrogens is 302 g/mol. The molecule has 2 heterocycles. The second-order valence-corrected chi connectivity index (χ2v) is 6.74. The highest BCUT2D eigenvalue weighted by Crippen LogP contribution is 2.13. The van der Waals surface area contributed by atoms with Gasteiger partial charge in [-0.1, -0.05) is 0 Å². The summed E-state index contributed by atoms with van der Waals surface area (Å²) in [4.78, 5) is 16.0. The summed E-state index contributed by atoms with van der Waals surface area (Å²) in [6, 6.07) is -0.544. The maximum Gasteiger partial charge on any atom is 0.266 e. The van der Waals surface area contributed by atoms with Crippen LogP contribution in [0.3, 0.4) is 0 Å². The van der Waals surface area contributed by atoms with E-state index in [0.717, 1.165) is 5.41 Å². The van der Waals surface area contributed by atoms with Gasteiger partial charge >= 0.3 is 0 Å². The first-order valence-electron chi connectivity index (χ1n) is 5.66. The zero-order chi connectivity index (χ0) is 15.1. The van der Waals surface area contributed by atoms with E-state index in [-0.39, 0.29) is 22.0 Å². The standard InChI is InChI=1S/C11H13N3O4S2/c1-13-9(15)8(10(16)14(2)11(13)19)5-12-7-3-4-20(17,18)6-7/h3-5,7,15H,6H2,1-2H3. The molecule has 20 heavy (non-hydrogen) atoms. The average molecular weight is 315 g/mol. The van der Waals surface area contributed by atoms with Crippen LogP contribution in [0.4, 0.5) is 0 Å². The van der Waals surface area contributed by atoms with Crippen LogP contribution in [-0.4, -0.2) is 40.7 Å². The number of rotatable bonds is 2. The van der Waals surface area contributed by atoms with Crippen molar-refractivity contribution in [2.24, 2.45) is 19.1 Å². The number of sulfone groups is 1. The number of nitrogens with zero attached hydrogens (tertiary/aromatic N) is 3. The molecule has 1 aliphatic heterocycles. The van der Waals surface area contributed by atoms with Gasteiger partial charge in [0.25, 0.3) is 5.56 Å². The molecule has 1 aromatic rings. The molecule has 0 fully saturated rings. The van der Waals surface area contributed by atoms with Crippen LogP contribution >= 0.6 is 12.2 Å². The first kappa shape index (κ1) is 14.7. The van der Waals surface area contributed by atoms with E-state index in [1.54, 1.807) is 0 Å². The minimum absolute atomic E-state index is 0.0266. The zero-order valence-electron chi connectivity index (χ0n) is 10.8. The Kier molecular flexibility index (Phi) is 3.65. The Balaban J connectivity index is 2.44. The monoisotopic (exact) mass is 315 g/mol. The van der Waals surface area contributed by atoms with E-state index in [0.29, 0.717) is 0 Å². The number of aliphatic imine (C=N–C) groups is 1. The van der Waals surface area contributed by atoms with E-state index < -0.39 is 21.4 Å². The lowest BCUT2D eigenvalue weighted by Gasteiger charge is -2.09. The van der Waals surface area contributed by atoms with Gasteiger partial charge < -0.3 is 5.11 Å². The highest BCUT2D eigenvalue weighted by Gasteiger charge is 2.21. The summed E-state index contributed by atoms with van der Waals surface area (Å²) in [5.74, 6) is -0.429. The molecule has 108 valence electrons. The van der Waals surface area contributed by atoms with Gasteiger partial charge in [-0.25, -0.2) is 8.42 Å². The molecule has 0 amide bonds. The van der Waals surface area contributed by atoms with Gasteiger partial charge in [0.1, 0.15) is 5.56 Å². The summed E-state index contributed by atoms with van der Waals surface area (Å²) in [6.45, 7) is 0. The van der Waals surface area contributed by atoms with E-state index >= 15 is 0 Å². The summed E-state index contributed by atoms with van der Waals surface area (Å²) in [5.41, 5.74) is -0.513. The second-order valence-electron chi connectivity index (χ2n) is 4.45. The van der Waals surface area contributed by atoms with Gasteiger partial charge in [-0.15, -0.1) is 0 Å². The van der Waals surface area contributed by atoms with Crippen LogP contribution in [0.5, 0.6) is 5.88 Å². The lowest BCUT2D eigenvalue weighted by Crippen LogP contribution is -2.25. The van der Waals surface area contributed by atoms with Gasteiger partial charge in [0.05, 0.1) is 11.8 Å². The van der Waals surface area contributed by atoms with Crippen molar-refractivity contribution >= 4 is 28.3 Å². The second kappa shape index (κ2) is 4.98. The maximum atomic E-state index is 12.0. The molecule has 2 rings (SSSR count). The molecule has 0 bridgehead atoms. The van der Waals surface area contributed by atoms with E-state index in [1.807, 2.05) is 0 Å². The van der Waals surface area contributed by atoms with Crippen LogP contribution in [-0.2, 0) is 23.9 Å². The van der Waals surface area contributed by atoms with Crippen LogP contribution < -0.4 is 5.56 Å². The first-order valence-corrected chi connectivity index (χ1v) is 7.78. The molecule has 7 nitrogen and oxygen atoms in total. The van der Waals surface area contributed by atoms with Crippen LogP contribution in [0.25, 0.3) is 0 Å². The van der Waals surface area contributed by atoms with E-state index in [1.165, 1.54) is 35.5 Å². The predicted octanol–water partition coefficient (Wildman–Crippen LogP) is -0.112. The van der Waals surface area contributed by atoms with Crippen LogP contribution in [0, 0.1) is 4.77 Å². The van der Waals surface area contributed by atoms with E-state index in [9.17, 15) is 18.3 Å². The van der Waals surface area contributed by atoms with Crippen molar-refractivity contribution in [3.05, 3.63) is 32.2 Å². The van der Waals surface area contributed by atoms with Crippen LogP contribution in [0.1, 0.15) is 5.56 Å². The number of aromatic nitrogens is 2. The molecule has 1 atom stereocenters. The normalized spacial score (nSPS) is 20.8. The van der Waals surface area contributed by atoms with Gasteiger partial charge in [-0.05, 0) is 18.3 Å².